The van der Waals surface area contributed by atoms with Gasteiger partial charge in [-0.1, -0.05) is 41.5 Å². The van der Waals surface area contributed by atoms with Crippen LogP contribution in [-0.2, 0) is 9.53 Å². The predicted octanol–water partition coefficient (Wildman–Crippen LogP) is 2.50. The zero-order chi connectivity index (χ0) is 11.5. The Bertz CT molecular complexity index is 344. The molecular weight excluding hydrogens is 272 g/mol. The molecule has 0 aromatic heterocycles. The van der Waals surface area contributed by atoms with Crippen LogP contribution in [0, 0.1) is 11.5 Å². The minimum atomic E-state index is -1.30. The zero-order valence-electron chi connectivity index (χ0n) is 9.26. The van der Waals surface area contributed by atoms with E-state index in [1.165, 1.54) is 0 Å². The minimum absolute atomic E-state index is 0.0404. The predicted molar refractivity (Wildman–Crippen MR) is 67.5 cm³/mol. The van der Waals surface area contributed by atoms with Crippen LogP contribution < -0.4 is 0 Å². The fraction of sp³-hybridized carbons (Fsp3) is 0.545. The summed E-state index contributed by atoms with van der Waals surface area (Å²) in [5.41, 5.74) is 3.21. The average molecular weight is 287 g/mol. The molecule has 0 N–H and O–H groups in total. The first kappa shape index (κ1) is 12.5. The van der Waals surface area contributed by atoms with Gasteiger partial charge in [0.2, 0.25) is 0 Å². The summed E-state index contributed by atoms with van der Waals surface area (Å²) < 4.78 is 5.42. The Labute approximate surface area is 100 Å². The van der Waals surface area contributed by atoms with Gasteiger partial charge in [0.05, 0.1) is 4.83 Å². The van der Waals surface area contributed by atoms with Crippen molar-refractivity contribution in [3.8, 4) is 11.5 Å². The number of alkyl halides is 1. The second kappa shape index (κ2) is 5.00. The molecular formula is C11H15BrO2Si. The van der Waals surface area contributed by atoms with Crippen LogP contribution in [0.15, 0.2) is 11.8 Å². The van der Waals surface area contributed by atoms with Crippen LogP contribution in [0.5, 0.6) is 0 Å². The van der Waals surface area contributed by atoms with Gasteiger partial charge in [-0.3, -0.25) is 4.79 Å². The molecule has 1 atom stereocenters. The number of carbonyl (C=O) groups excluding carboxylic acids is 1. The molecule has 1 unspecified atom stereocenters. The van der Waals surface area contributed by atoms with Crippen molar-refractivity contribution in [1.82, 2.24) is 0 Å². The topological polar surface area (TPSA) is 26.3 Å². The fourth-order valence-electron chi connectivity index (χ4n) is 1.14. The van der Waals surface area contributed by atoms with Gasteiger partial charge >= 0.3 is 0 Å². The third kappa shape index (κ3) is 4.67. The number of hydrogen-bond acceptors (Lipinski definition) is 2. The van der Waals surface area contributed by atoms with E-state index in [-0.39, 0.29) is 10.6 Å². The summed E-state index contributed by atoms with van der Waals surface area (Å²) in [5, 5.41) is 0. The van der Waals surface area contributed by atoms with Crippen molar-refractivity contribution in [2.75, 3.05) is 6.61 Å². The van der Waals surface area contributed by atoms with Crippen LogP contribution in [0.2, 0.25) is 19.6 Å². The number of hydrogen-bond donors (Lipinski definition) is 0. The highest BCUT2D eigenvalue weighted by atomic mass is 79.9. The lowest BCUT2D eigenvalue weighted by molar-refractivity contribution is -0.113. The SMILES string of the molecule is C[Si](C)(C)C#CCOC1=CC(=O)CC1Br. The standard InChI is InChI=1S/C11H15BrO2Si/c1-15(2,3)6-4-5-14-11-8-9(13)7-10(11)12/h8,10H,5,7H2,1-3H3. The molecule has 0 aromatic rings. The number of ether oxygens (including phenoxy) is 1. The molecule has 0 aliphatic heterocycles. The summed E-state index contributed by atoms with van der Waals surface area (Å²) in [6.07, 6.45) is 2.05. The summed E-state index contributed by atoms with van der Waals surface area (Å²) in [6, 6.07) is 0. The van der Waals surface area contributed by atoms with Gasteiger partial charge < -0.3 is 4.74 Å². The van der Waals surface area contributed by atoms with E-state index < -0.39 is 8.07 Å². The molecule has 0 saturated heterocycles. The maximum atomic E-state index is 11.0. The highest BCUT2D eigenvalue weighted by Gasteiger charge is 2.23. The normalized spacial score (nSPS) is 20.7. The lowest BCUT2D eigenvalue weighted by atomic mass is 10.3. The van der Waals surface area contributed by atoms with E-state index in [0.717, 1.165) is 0 Å². The van der Waals surface area contributed by atoms with Crippen molar-refractivity contribution in [3.05, 3.63) is 11.8 Å². The Hall–Kier alpha value is -0.533. The Morgan fingerprint density at radius 1 is 1.60 bits per heavy atom. The van der Waals surface area contributed by atoms with E-state index >= 15 is 0 Å². The van der Waals surface area contributed by atoms with Crippen molar-refractivity contribution in [3.63, 3.8) is 0 Å². The molecule has 82 valence electrons. The fourth-order valence-corrected chi connectivity index (χ4v) is 2.32. The van der Waals surface area contributed by atoms with Gasteiger partial charge in [-0.25, -0.2) is 0 Å². The highest BCUT2D eigenvalue weighted by Crippen LogP contribution is 2.24. The molecule has 15 heavy (non-hydrogen) atoms. The highest BCUT2D eigenvalue weighted by molar-refractivity contribution is 9.09. The summed E-state index contributed by atoms with van der Waals surface area (Å²) in [6.45, 7) is 6.94. The van der Waals surface area contributed by atoms with E-state index in [4.69, 9.17) is 4.74 Å². The van der Waals surface area contributed by atoms with Gasteiger partial charge in [0.15, 0.2) is 5.78 Å². The first-order valence-electron chi connectivity index (χ1n) is 4.90. The van der Waals surface area contributed by atoms with Crippen LogP contribution in [-0.4, -0.2) is 25.3 Å². The van der Waals surface area contributed by atoms with E-state index in [9.17, 15) is 4.79 Å². The first-order valence-corrected chi connectivity index (χ1v) is 9.31. The maximum Gasteiger partial charge on any atom is 0.160 e. The lowest BCUT2D eigenvalue weighted by Gasteiger charge is -2.07. The molecule has 4 heteroatoms. The second-order valence-corrected chi connectivity index (χ2v) is 10.4. The summed E-state index contributed by atoms with van der Waals surface area (Å²) >= 11 is 3.38. The summed E-state index contributed by atoms with van der Waals surface area (Å²) in [7, 11) is -1.30. The van der Waals surface area contributed by atoms with Crippen molar-refractivity contribution < 1.29 is 9.53 Å². The number of rotatable bonds is 2. The molecule has 2 nitrogen and oxygen atoms in total. The van der Waals surface area contributed by atoms with Crippen LogP contribution in [0.3, 0.4) is 0 Å². The molecule has 0 radical (unpaired) electrons. The van der Waals surface area contributed by atoms with Gasteiger partial charge in [-0.15, -0.1) is 5.54 Å². The van der Waals surface area contributed by atoms with E-state index in [2.05, 4.69) is 47.0 Å². The average Bonchev–Trinajstić information content (AvgIpc) is 2.37. The second-order valence-electron chi connectivity index (χ2n) is 4.53. The van der Waals surface area contributed by atoms with Gasteiger partial charge in [-0.2, -0.15) is 0 Å². The quantitative estimate of drug-likeness (QED) is 0.443. The van der Waals surface area contributed by atoms with E-state index in [1.807, 2.05) is 0 Å². The third-order valence-corrected chi connectivity index (χ3v) is 3.47. The van der Waals surface area contributed by atoms with Gasteiger partial charge in [-0.05, 0) is 0 Å². The van der Waals surface area contributed by atoms with Crippen LogP contribution >= 0.6 is 15.9 Å². The van der Waals surface area contributed by atoms with E-state index in [1.54, 1.807) is 6.08 Å². The largest absolute Gasteiger partial charge is 0.484 e. The van der Waals surface area contributed by atoms with Gasteiger partial charge in [0.25, 0.3) is 0 Å². The van der Waals surface area contributed by atoms with Crippen molar-refractivity contribution >= 4 is 29.8 Å². The molecule has 0 amide bonds. The van der Waals surface area contributed by atoms with Gasteiger partial charge in [0.1, 0.15) is 20.4 Å². The number of halogens is 1. The Morgan fingerprint density at radius 2 is 2.27 bits per heavy atom. The molecule has 0 bridgehead atoms. The molecule has 0 aromatic carbocycles. The minimum Gasteiger partial charge on any atom is -0.484 e. The number of carbonyl (C=O) groups is 1. The summed E-state index contributed by atoms with van der Waals surface area (Å²) in [5.74, 6) is 3.83. The number of ketones is 1. The van der Waals surface area contributed by atoms with Crippen molar-refractivity contribution in [2.45, 2.75) is 30.9 Å². The molecule has 0 fully saturated rings. The molecule has 1 rings (SSSR count). The number of allylic oxidation sites excluding steroid dienone is 2. The molecule has 1 aliphatic rings. The molecule has 0 saturated carbocycles. The van der Waals surface area contributed by atoms with Crippen molar-refractivity contribution in [2.24, 2.45) is 0 Å². The van der Waals surface area contributed by atoms with Crippen LogP contribution in [0.4, 0.5) is 0 Å². The van der Waals surface area contributed by atoms with Crippen LogP contribution in [0.25, 0.3) is 0 Å². The Balaban J connectivity index is 2.41. The monoisotopic (exact) mass is 286 g/mol. The Kier molecular flexibility index (Phi) is 4.18. The smallest absolute Gasteiger partial charge is 0.160 e. The van der Waals surface area contributed by atoms with Crippen LogP contribution in [0.1, 0.15) is 6.42 Å². The van der Waals surface area contributed by atoms with Crippen molar-refractivity contribution in [1.29, 1.82) is 0 Å². The van der Waals surface area contributed by atoms with E-state index in [0.29, 0.717) is 18.8 Å². The first-order chi connectivity index (χ1) is 6.88. The lowest BCUT2D eigenvalue weighted by Crippen LogP contribution is -2.16. The molecule has 1 aliphatic carbocycles. The molecule has 0 heterocycles. The zero-order valence-corrected chi connectivity index (χ0v) is 11.8. The maximum absolute atomic E-state index is 11.0. The summed E-state index contributed by atoms with van der Waals surface area (Å²) in [4.78, 5) is 11.1. The molecule has 0 spiro atoms. The van der Waals surface area contributed by atoms with Gasteiger partial charge in [0, 0.05) is 12.5 Å². The Morgan fingerprint density at radius 3 is 2.73 bits per heavy atom. The third-order valence-electron chi connectivity index (χ3n) is 1.77.